The Bertz CT molecular complexity index is 1490. The highest BCUT2D eigenvalue weighted by Gasteiger charge is 2.56. The highest BCUT2D eigenvalue weighted by molar-refractivity contribution is 7.00. The maximum atomic E-state index is 2.65. The second kappa shape index (κ2) is 6.36. The Balaban J connectivity index is 1.63. The minimum absolute atomic E-state index is 0.0309. The Hall–Kier alpha value is -3.46. The van der Waals surface area contributed by atoms with Crippen molar-refractivity contribution in [2.45, 2.75) is 45.6 Å². The summed E-state index contributed by atoms with van der Waals surface area (Å²) < 4.78 is 0. The Morgan fingerprint density at radius 1 is 0.647 bits per heavy atom. The lowest BCUT2D eigenvalue weighted by molar-refractivity contribution is 0.330. The molecule has 0 atom stereocenters. The van der Waals surface area contributed by atoms with Crippen LogP contribution in [0.1, 0.15) is 38.8 Å². The van der Waals surface area contributed by atoms with E-state index in [2.05, 4.69) is 129 Å². The average Bonchev–Trinajstić information content (AvgIpc) is 3.00. The summed E-state index contributed by atoms with van der Waals surface area (Å²) in [5.74, 6) is 0. The van der Waals surface area contributed by atoms with Crippen LogP contribution < -0.4 is 26.2 Å². The molecule has 3 aliphatic heterocycles. The van der Waals surface area contributed by atoms with Crippen LogP contribution in [0.2, 0.25) is 0 Å². The van der Waals surface area contributed by atoms with Crippen LogP contribution in [0, 0.1) is 6.92 Å². The molecule has 4 aromatic rings. The molecule has 0 aliphatic carbocycles. The van der Waals surface area contributed by atoms with Gasteiger partial charge in [-0.1, -0.05) is 74.5 Å². The van der Waals surface area contributed by atoms with E-state index in [1.807, 2.05) is 0 Å². The molecule has 0 bridgehead atoms. The van der Waals surface area contributed by atoms with Gasteiger partial charge in [-0.25, -0.2) is 0 Å². The summed E-state index contributed by atoms with van der Waals surface area (Å²) in [6.45, 7) is 12.1. The van der Waals surface area contributed by atoms with Gasteiger partial charge in [0.1, 0.15) is 0 Å². The molecule has 0 aromatic heterocycles. The van der Waals surface area contributed by atoms with Crippen LogP contribution in [0.4, 0.5) is 28.4 Å². The van der Waals surface area contributed by atoms with Crippen LogP contribution >= 0.6 is 0 Å². The molecular formula is C31H29BN2. The van der Waals surface area contributed by atoms with Crippen molar-refractivity contribution in [1.29, 1.82) is 0 Å². The van der Waals surface area contributed by atoms with Gasteiger partial charge in [-0.2, -0.15) is 0 Å². The zero-order chi connectivity index (χ0) is 23.4. The molecule has 34 heavy (non-hydrogen) atoms. The minimum atomic E-state index is -0.0456. The molecule has 0 saturated carbocycles. The van der Waals surface area contributed by atoms with E-state index < -0.39 is 0 Å². The highest BCUT2D eigenvalue weighted by atomic mass is 15.3. The maximum Gasteiger partial charge on any atom is 0.252 e. The molecule has 0 radical (unpaired) electrons. The number of hydrogen-bond donors (Lipinski definition) is 0. The quantitative estimate of drug-likeness (QED) is 0.303. The fourth-order valence-electron chi connectivity index (χ4n) is 6.75. The van der Waals surface area contributed by atoms with Crippen molar-refractivity contribution in [2.24, 2.45) is 0 Å². The third-order valence-corrected chi connectivity index (χ3v) is 9.01. The zero-order valence-electron chi connectivity index (χ0n) is 20.6. The van der Waals surface area contributed by atoms with Crippen molar-refractivity contribution in [3.63, 3.8) is 0 Å². The number of aryl methyl sites for hydroxylation is 1. The zero-order valence-corrected chi connectivity index (χ0v) is 20.6. The summed E-state index contributed by atoms with van der Waals surface area (Å²) in [5.41, 5.74) is 13.6. The highest BCUT2D eigenvalue weighted by Crippen LogP contribution is 2.56. The van der Waals surface area contributed by atoms with Crippen molar-refractivity contribution in [3.8, 4) is 0 Å². The maximum absolute atomic E-state index is 2.65. The van der Waals surface area contributed by atoms with Crippen LogP contribution in [0.3, 0.4) is 0 Å². The molecule has 0 saturated heterocycles. The van der Waals surface area contributed by atoms with Crippen LogP contribution in [0.15, 0.2) is 84.9 Å². The molecule has 3 aliphatic rings. The summed E-state index contributed by atoms with van der Waals surface area (Å²) in [6, 6.07) is 31.6. The third kappa shape index (κ3) is 2.19. The topological polar surface area (TPSA) is 6.48 Å². The van der Waals surface area contributed by atoms with Crippen molar-refractivity contribution in [3.05, 3.63) is 96.1 Å². The van der Waals surface area contributed by atoms with E-state index in [1.165, 1.54) is 56.0 Å². The molecule has 4 aromatic carbocycles. The smallest absolute Gasteiger partial charge is 0.252 e. The SMILES string of the molecule is Cc1cccc2c1N(c1ccccc1)c1cccc3c1B2c1cccc2c1N3C(C)(C)C2(C)C. The lowest BCUT2D eigenvalue weighted by atomic mass is 9.33. The van der Waals surface area contributed by atoms with E-state index in [0.29, 0.717) is 0 Å². The van der Waals surface area contributed by atoms with Crippen LogP contribution in [-0.4, -0.2) is 12.3 Å². The van der Waals surface area contributed by atoms with Crippen LogP contribution in [0.25, 0.3) is 0 Å². The molecule has 2 nitrogen and oxygen atoms in total. The van der Waals surface area contributed by atoms with Crippen LogP contribution in [0.5, 0.6) is 0 Å². The normalized spacial score (nSPS) is 17.9. The number of rotatable bonds is 1. The van der Waals surface area contributed by atoms with E-state index in [9.17, 15) is 0 Å². The predicted molar refractivity (Wildman–Crippen MR) is 146 cm³/mol. The van der Waals surface area contributed by atoms with Crippen molar-refractivity contribution in [1.82, 2.24) is 0 Å². The van der Waals surface area contributed by atoms with Gasteiger partial charge in [0.15, 0.2) is 0 Å². The largest absolute Gasteiger partial charge is 0.336 e. The van der Waals surface area contributed by atoms with Gasteiger partial charge >= 0.3 is 0 Å². The summed E-state index contributed by atoms with van der Waals surface area (Å²) in [7, 11) is 0. The molecule has 0 spiro atoms. The molecule has 0 N–H and O–H groups in total. The van der Waals surface area contributed by atoms with Gasteiger partial charge in [0.2, 0.25) is 0 Å². The second-order valence-electron chi connectivity index (χ2n) is 11.1. The number of anilines is 5. The number of benzene rings is 4. The molecule has 0 amide bonds. The summed E-state index contributed by atoms with van der Waals surface area (Å²) >= 11 is 0. The van der Waals surface area contributed by atoms with Crippen LogP contribution in [-0.2, 0) is 5.41 Å². The lowest BCUT2D eigenvalue weighted by Gasteiger charge is -2.48. The molecule has 0 fully saturated rings. The van der Waals surface area contributed by atoms with Gasteiger partial charge in [0.05, 0.1) is 0 Å². The van der Waals surface area contributed by atoms with Gasteiger partial charge in [-0.05, 0) is 72.6 Å². The lowest BCUT2D eigenvalue weighted by Crippen LogP contribution is -2.63. The standard InChI is InChI=1S/C31H29BN2/c1-20-12-9-16-23-28(20)33(21-13-7-6-8-14-21)25-18-11-19-26-27(25)32(23)24-17-10-15-22-29(24)34(26)31(4,5)30(22,2)3/h6-19H,1-5H3. The fourth-order valence-corrected chi connectivity index (χ4v) is 6.75. The average molecular weight is 440 g/mol. The monoisotopic (exact) mass is 440 g/mol. The number of fused-ring (bicyclic) bond motifs is 4. The van der Waals surface area contributed by atoms with E-state index in [4.69, 9.17) is 0 Å². The van der Waals surface area contributed by atoms with Gasteiger partial charge in [-0.15, -0.1) is 0 Å². The molecule has 7 rings (SSSR count). The van der Waals surface area contributed by atoms with E-state index in [1.54, 1.807) is 0 Å². The van der Waals surface area contributed by atoms with E-state index in [-0.39, 0.29) is 17.7 Å². The predicted octanol–water partition coefficient (Wildman–Crippen LogP) is 5.82. The van der Waals surface area contributed by atoms with Crippen molar-refractivity contribution < 1.29 is 0 Å². The summed E-state index contributed by atoms with van der Waals surface area (Å²) in [6.07, 6.45) is 0. The first-order valence-electron chi connectivity index (χ1n) is 12.4. The molecule has 3 heteroatoms. The Morgan fingerprint density at radius 3 is 2.06 bits per heavy atom. The Morgan fingerprint density at radius 2 is 1.29 bits per heavy atom. The minimum Gasteiger partial charge on any atom is -0.336 e. The van der Waals surface area contributed by atoms with Gasteiger partial charge in [-0.3, -0.25) is 0 Å². The molecule has 166 valence electrons. The first-order valence-corrected chi connectivity index (χ1v) is 12.4. The number of para-hydroxylation sites is 3. The first kappa shape index (κ1) is 20.0. The summed E-state index contributed by atoms with van der Waals surface area (Å²) in [5, 5.41) is 0. The first-order chi connectivity index (χ1) is 16.3. The number of hydrogen-bond acceptors (Lipinski definition) is 2. The third-order valence-electron chi connectivity index (χ3n) is 9.01. The Kier molecular flexibility index (Phi) is 3.73. The summed E-state index contributed by atoms with van der Waals surface area (Å²) in [4.78, 5) is 5.14. The van der Waals surface area contributed by atoms with Gasteiger partial charge < -0.3 is 9.80 Å². The molecule has 0 unspecified atom stereocenters. The van der Waals surface area contributed by atoms with Gasteiger partial charge in [0, 0.05) is 39.4 Å². The van der Waals surface area contributed by atoms with Gasteiger partial charge in [0.25, 0.3) is 6.71 Å². The molecular weight excluding hydrogens is 411 g/mol. The molecule has 3 heterocycles. The Labute approximate surface area is 202 Å². The van der Waals surface area contributed by atoms with E-state index >= 15 is 0 Å². The second-order valence-corrected chi connectivity index (χ2v) is 11.1. The van der Waals surface area contributed by atoms with E-state index in [0.717, 1.165) is 0 Å². The fraction of sp³-hybridized carbons (Fsp3) is 0.226. The van der Waals surface area contributed by atoms with Crippen molar-refractivity contribution in [2.75, 3.05) is 9.80 Å². The van der Waals surface area contributed by atoms with Crippen molar-refractivity contribution >= 4 is 51.5 Å². The number of nitrogens with zero attached hydrogens (tertiary/aromatic N) is 2.